The quantitative estimate of drug-likeness (QED) is 0.165. The van der Waals surface area contributed by atoms with Gasteiger partial charge >= 0.3 is 19.5 Å². The Labute approximate surface area is 352 Å². The van der Waals surface area contributed by atoms with Gasteiger partial charge in [0.15, 0.2) is 0 Å². The van der Waals surface area contributed by atoms with Gasteiger partial charge in [0, 0.05) is 22.3 Å². The molecule has 0 radical (unpaired) electrons. The molecular weight excluding hydrogens is 754 g/mol. The predicted octanol–water partition coefficient (Wildman–Crippen LogP) is 12.5. The predicted molar refractivity (Wildman–Crippen MR) is 236 cm³/mol. The summed E-state index contributed by atoms with van der Waals surface area (Å²) in [7, 11) is 3.55. The zero-order chi connectivity index (χ0) is 40.5. The van der Waals surface area contributed by atoms with Crippen molar-refractivity contribution < 1.29 is 29.0 Å². The summed E-state index contributed by atoms with van der Waals surface area (Å²) < 4.78 is 12.3. The van der Waals surface area contributed by atoms with Gasteiger partial charge in [-0.25, -0.2) is 9.97 Å². The van der Waals surface area contributed by atoms with E-state index < -0.39 is 0 Å². The van der Waals surface area contributed by atoms with Crippen molar-refractivity contribution in [3.05, 3.63) is 106 Å². The third-order valence-corrected chi connectivity index (χ3v) is 10.7. The van der Waals surface area contributed by atoms with Crippen molar-refractivity contribution in [1.82, 2.24) is 19.9 Å². The number of nitrogens with zero attached hydrogens (tertiary/aromatic N) is 4. The van der Waals surface area contributed by atoms with Crippen LogP contribution in [0, 0.1) is 0 Å². The van der Waals surface area contributed by atoms with E-state index in [9.17, 15) is 0 Å². The number of fused-ring (bicyclic) bond motifs is 8. The number of benzene rings is 2. The molecule has 0 atom stereocenters. The summed E-state index contributed by atoms with van der Waals surface area (Å²) in [4.78, 5) is 20.9. The zero-order valence-corrected chi connectivity index (χ0v) is 39.4. The molecule has 7 heteroatoms. The van der Waals surface area contributed by atoms with Crippen molar-refractivity contribution in [3.8, 4) is 33.8 Å². The smallest absolute Gasteiger partial charge is 0.657 e. The molecule has 7 rings (SSSR count). The molecule has 0 fully saturated rings. The first kappa shape index (κ1) is 41.9. The van der Waals surface area contributed by atoms with Crippen molar-refractivity contribution in [2.45, 2.75) is 105 Å². The molecule has 6 nitrogen and oxygen atoms in total. The molecule has 0 unspecified atom stereocenters. The van der Waals surface area contributed by atoms with Gasteiger partial charge in [0.05, 0.1) is 37.0 Å². The molecule has 8 bridgehead atoms. The van der Waals surface area contributed by atoms with Gasteiger partial charge in [0.2, 0.25) is 0 Å². The van der Waals surface area contributed by atoms with E-state index >= 15 is 0 Å². The van der Waals surface area contributed by atoms with Crippen LogP contribution in [0.15, 0.2) is 60.7 Å². The Hall–Kier alpha value is -4.74. The third kappa shape index (κ3) is 8.19. The second kappa shape index (κ2) is 14.9. The summed E-state index contributed by atoms with van der Waals surface area (Å²) in [5.74, 6) is 1.87. The second-order valence-electron chi connectivity index (χ2n) is 19.3. The van der Waals surface area contributed by atoms with Crippen LogP contribution >= 0.6 is 0 Å². The fraction of sp³-hybridized carbons (Fsp3) is 0.360. The molecule has 3 aromatic heterocycles. The average Bonchev–Trinajstić information content (AvgIpc) is 3.93. The average molecular weight is 810 g/mol. The SMILES string of the molecule is COc1c(C(C)(C)C)cc(-c2c3nc(cc4ccc([n-]4)c(-c4cc(C(C)(C)C)c(OC)c(C(C)(C)C)c4)c4nc(cc5ccc2[n-]5)C=C4)C=C3)cc1C(C)(C)C.[Zn+2]. The molecule has 0 aliphatic carbocycles. The summed E-state index contributed by atoms with van der Waals surface area (Å²) in [6, 6.07) is 21.5. The maximum absolute atomic E-state index is 6.13. The minimum atomic E-state index is -0.163. The monoisotopic (exact) mass is 808 g/mol. The van der Waals surface area contributed by atoms with E-state index in [1.54, 1.807) is 14.2 Å². The van der Waals surface area contributed by atoms with Gasteiger partial charge in [0.25, 0.3) is 0 Å². The largest absolute Gasteiger partial charge is 2.00 e. The number of rotatable bonds is 4. The van der Waals surface area contributed by atoms with Crippen molar-refractivity contribution in [3.63, 3.8) is 0 Å². The molecule has 2 aliphatic rings. The normalized spacial score (nSPS) is 13.2. The molecule has 57 heavy (non-hydrogen) atoms. The van der Waals surface area contributed by atoms with Crippen LogP contribution < -0.4 is 19.4 Å². The minimum Gasteiger partial charge on any atom is -0.657 e. The van der Waals surface area contributed by atoms with Crippen LogP contribution in [-0.2, 0) is 41.1 Å². The van der Waals surface area contributed by atoms with Crippen LogP contribution in [0.3, 0.4) is 0 Å². The Balaban J connectivity index is 0.00000549. The number of ether oxygens (including phenoxy) is 2. The Kier molecular flexibility index (Phi) is 10.9. The van der Waals surface area contributed by atoms with Crippen LogP contribution in [0.1, 0.15) is 128 Å². The maximum atomic E-state index is 6.13. The number of hydrogen-bond donors (Lipinski definition) is 0. The van der Waals surface area contributed by atoms with Crippen molar-refractivity contribution >= 4 is 46.4 Å². The van der Waals surface area contributed by atoms with E-state index in [-0.39, 0.29) is 41.1 Å². The third-order valence-electron chi connectivity index (χ3n) is 10.7. The van der Waals surface area contributed by atoms with Crippen LogP contribution in [0.5, 0.6) is 11.5 Å². The summed E-state index contributed by atoms with van der Waals surface area (Å²) >= 11 is 0. The Morgan fingerprint density at radius 2 is 0.754 bits per heavy atom. The van der Waals surface area contributed by atoms with Crippen LogP contribution in [0.25, 0.3) is 68.6 Å². The molecule has 0 saturated carbocycles. The molecule has 2 aromatic carbocycles. The van der Waals surface area contributed by atoms with Gasteiger partial charge < -0.3 is 19.4 Å². The molecule has 0 amide bonds. The Morgan fingerprint density at radius 3 is 1.04 bits per heavy atom. The first-order valence-electron chi connectivity index (χ1n) is 19.6. The Bertz CT molecular complexity index is 2340. The van der Waals surface area contributed by atoms with Crippen molar-refractivity contribution in [2.75, 3.05) is 14.2 Å². The molecule has 0 saturated heterocycles. The first-order valence-corrected chi connectivity index (χ1v) is 19.6. The molecule has 2 aliphatic heterocycles. The van der Waals surface area contributed by atoms with Gasteiger partial charge in [-0.3, -0.25) is 0 Å². The molecule has 290 valence electrons. The summed E-state index contributed by atoms with van der Waals surface area (Å²) in [6.45, 7) is 26.8. The minimum absolute atomic E-state index is 0. The van der Waals surface area contributed by atoms with E-state index in [0.717, 1.165) is 101 Å². The second-order valence-corrected chi connectivity index (χ2v) is 19.3. The van der Waals surface area contributed by atoms with Gasteiger partial charge in [-0.1, -0.05) is 119 Å². The van der Waals surface area contributed by atoms with Gasteiger partial charge in [-0.05, 0) is 92.5 Å². The maximum Gasteiger partial charge on any atom is 2.00 e. The topological polar surface area (TPSA) is 72.4 Å². The number of hydrogen-bond acceptors (Lipinski definition) is 4. The van der Waals surface area contributed by atoms with Crippen molar-refractivity contribution in [1.29, 1.82) is 0 Å². The van der Waals surface area contributed by atoms with Crippen LogP contribution in [0.4, 0.5) is 0 Å². The summed E-state index contributed by atoms with van der Waals surface area (Å²) in [5.41, 5.74) is 14.7. The molecule has 0 spiro atoms. The Morgan fingerprint density at radius 1 is 0.439 bits per heavy atom. The first-order chi connectivity index (χ1) is 26.1. The summed E-state index contributed by atoms with van der Waals surface area (Å²) in [6.07, 6.45) is 8.34. The van der Waals surface area contributed by atoms with E-state index in [0.29, 0.717) is 0 Å². The number of methoxy groups -OCH3 is 2. The van der Waals surface area contributed by atoms with E-state index in [1.165, 1.54) is 0 Å². The molecule has 5 heterocycles. The van der Waals surface area contributed by atoms with E-state index in [1.807, 2.05) is 0 Å². The fourth-order valence-electron chi connectivity index (χ4n) is 7.76. The van der Waals surface area contributed by atoms with Gasteiger partial charge in [-0.2, -0.15) is 0 Å². The standard InChI is InChI=1S/C50H56N4O2.Zn/c1-47(2,3)35-23-29(24-36(45(35)55-13)48(4,5)6)43-39-19-15-31(51-39)27-33-17-21-41(53-33)44(42-22-18-34(54-42)28-32-16-20-40(43)52-32)30-25-37(49(7,8)9)46(56-14)38(26-30)50(10,11)12;/h15-28H,1-14H3;/q-2;+2. The fourth-order valence-corrected chi connectivity index (χ4v) is 7.76. The van der Waals surface area contributed by atoms with Crippen LogP contribution in [0.2, 0.25) is 0 Å². The van der Waals surface area contributed by atoms with E-state index in [2.05, 4.69) is 168 Å². The van der Waals surface area contributed by atoms with Crippen molar-refractivity contribution in [2.24, 2.45) is 0 Å². The molecule has 5 aromatic rings. The van der Waals surface area contributed by atoms with E-state index in [4.69, 9.17) is 29.4 Å². The zero-order valence-electron chi connectivity index (χ0n) is 36.4. The molecule has 0 N–H and O–H groups in total. The molecular formula is C50H56N4O2Zn. The van der Waals surface area contributed by atoms with Gasteiger partial charge in [-0.15, -0.1) is 22.1 Å². The number of aromatic nitrogens is 4. The van der Waals surface area contributed by atoms with Crippen LogP contribution in [-0.4, -0.2) is 24.2 Å². The summed E-state index contributed by atoms with van der Waals surface area (Å²) in [5, 5.41) is 0. The van der Waals surface area contributed by atoms with Gasteiger partial charge in [0.1, 0.15) is 11.5 Å².